The van der Waals surface area contributed by atoms with Crippen LogP contribution in [0.2, 0.25) is 0 Å². The summed E-state index contributed by atoms with van der Waals surface area (Å²) in [6, 6.07) is 37.5. The number of hydrogen-bond acceptors (Lipinski definition) is 4. The molecule has 0 radical (unpaired) electrons. The van der Waals surface area contributed by atoms with Crippen LogP contribution in [0.3, 0.4) is 0 Å². The molecule has 4 heteroatoms. The summed E-state index contributed by atoms with van der Waals surface area (Å²) in [6.07, 6.45) is -0.127. The Morgan fingerprint density at radius 1 is 0.553 bits per heavy atom. The number of carbonyl (C=O) groups is 2. The van der Waals surface area contributed by atoms with Gasteiger partial charge in [-0.2, -0.15) is 0 Å². The van der Waals surface area contributed by atoms with Crippen LogP contribution in [0.15, 0.2) is 115 Å². The third kappa shape index (κ3) is 3.66. The normalized spacial score (nSPS) is 28.4. The summed E-state index contributed by atoms with van der Waals surface area (Å²) in [7, 11) is 0. The van der Waals surface area contributed by atoms with Crippen molar-refractivity contribution in [1.82, 2.24) is 0 Å². The molecule has 0 heterocycles. The monoisotopic (exact) mass is 500 g/mol. The second kappa shape index (κ2) is 9.29. The third-order valence-electron chi connectivity index (χ3n) is 8.82. The van der Waals surface area contributed by atoms with Gasteiger partial charge in [-0.05, 0) is 59.2 Å². The molecule has 4 nitrogen and oxygen atoms in total. The zero-order chi connectivity index (χ0) is 25.6. The standard InChI is InChI=1S/C34H28O4/c35-33(22-14-6-2-7-15-22)37-31-26-20-27(32(31)38-34(36)23-16-8-3-9-17-23)30-28(21-12-4-1-5-13-21)24-18-10-11-19-25(24)29(26)30/h1-19,26-32H,20H2. The molecule has 0 N–H and O–H groups in total. The summed E-state index contributed by atoms with van der Waals surface area (Å²) < 4.78 is 12.5. The maximum Gasteiger partial charge on any atom is 0.338 e. The van der Waals surface area contributed by atoms with Crippen LogP contribution in [0.5, 0.6) is 0 Å². The summed E-state index contributed by atoms with van der Waals surface area (Å²) in [4.78, 5) is 26.5. The quantitative estimate of drug-likeness (QED) is 0.289. The molecule has 3 aliphatic carbocycles. The van der Waals surface area contributed by atoms with E-state index in [1.165, 1.54) is 16.7 Å². The topological polar surface area (TPSA) is 52.6 Å². The van der Waals surface area contributed by atoms with Crippen LogP contribution in [0.25, 0.3) is 0 Å². The van der Waals surface area contributed by atoms with E-state index >= 15 is 0 Å². The van der Waals surface area contributed by atoms with Gasteiger partial charge in [-0.25, -0.2) is 9.59 Å². The van der Waals surface area contributed by atoms with E-state index in [4.69, 9.17) is 9.47 Å². The number of benzene rings is 4. The van der Waals surface area contributed by atoms with Gasteiger partial charge >= 0.3 is 11.9 Å². The molecule has 0 spiro atoms. The van der Waals surface area contributed by atoms with Gasteiger partial charge in [-0.15, -0.1) is 0 Å². The fraction of sp³-hybridized carbons (Fsp3) is 0.235. The highest BCUT2D eigenvalue weighted by Crippen LogP contribution is 2.67. The molecule has 188 valence electrons. The van der Waals surface area contributed by atoms with Crippen LogP contribution >= 0.6 is 0 Å². The lowest BCUT2D eigenvalue weighted by Gasteiger charge is -2.39. The molecule has 2 bridgehead atoms. The molecule has 2 fully saturated rings. The Kier molecular flexibility index (Phi) is 5.61. The highest BCUT2D eigenvalue weighted by Gasteiger charge is 2.66. The fourth-order valence-corrected chi connectivity index (χ4v) is 7.45. The van der Waals surface area contributed by atoms with Gasteiger partial charge in [0.25, 0.3) is 0 Å². The van der Waals surface area contributed by atoms with Crippen LogP contribution in [0.4, 0.5) is 0 Å². The molecular weight excluding hydrogens is 472 g/mol. The minimum Gasteiger partial charge on any atom is -0.455 e. The van der Waals surface area contributed by atoms with Crippen molar-refractivity contribution in [2.75, 3.05) is 0 Å². The van der Waals surface area contributed by atoms with Gasteiger partial charge in [-0.1, -0.05) is 91.0 Å². The van der Waals surface area contributed by atoms with Crippen molar-refractivity contribution < 1.29 is 19.1 Å². The summed E-state index contributed by atoms with van der Waals surface area (Å²) in [5, 5.41) is 0. The van der Waals surface area contributed by atoms with Crippen molar-refractivity contribution in [2.24, 2.45) is 17.8 Å². The first kappa shape index (κ1) is 23.0. The SMILES string of the molecule is O=C(OC1C2CC(C1OC(=O)c1ccccc1)C1C(c3ccccc3)c3ccccc3C21)c1ccccc1. The Balaban J connectivity index is 1.28. The van der Waals surface area contributed by atoms with Gasteiger partial charge in [0.05, 0.1) is 11.1 Å². The summed E-state index contributed by atoms with van der Waals surface area (Å²) >= 11 is 0. The van der Waals surface area contributed by atoms with E-state index in [2.05, 4.69) is 48.5 Å². The van der Waals surface area contributed by atoms with Crippen molar-refractivity contribution in [2.45, 2.75) is 30.5 Å². The summed E-state index contributed by atoms with van der Waals surface area (Å²) in [6.45, 7) is 0. The average Bonchev–Trinajstić information content (AvgIpc) is 3.63. The van der Waals surface area contributed by atoms with E-state index in [0.717, 1.165) is 6.42 Å². The fourth-order valence-electron chi connectivity index (χ4n) is 7.45. The maximum atomic E-state index is 13.3. The Morgan fingerprint density at radius 3 is 1.61 bits per heavy atom. The van der Waals surface area contributed by atoms with Gasteiger partial charge in [0.15, 0.2) is 0 Å². The first-order chi connectivity index (χ1) is 18.7. The van der Waals surface area contributed by atoms with Crippen LogP contribution in [0, 0.1) is 17.8 Å². The lowest BCUT2D eigenvalue weighted by molar-refractivity contribution is -0.0712. The third-order valence-corrected chi connectivity index (χ3v) is 8.82. The molecule has 7 unspecified atom stereocenters. The van der Waals surface area contributed by atoms with Crippen molar-refractivity contribution in [3.8, 4) is 0 Å². The van der Waals surface area contributed by atoms with Crippen LogP contribution < -0.4 is 0 Å². The van der Waals surface area contributed by atoms with E-state index < -0.39 is 12.2 Å². The first-order valence-corrected chi connectivity index (χ1v) is 13.4. The molecule has 7 rings (SSSR count). The minimum absolute atomic E-state index is 0.0843. The Morgan fingerprint density at radius 2 is 1.03 bits per heavy atom. The van der Waals surface area contributed by atoms with E-state index in [1.54, 1.807) is 24.3 Å². The highest BCUT2D eigenvalue weighted by molar-refractivity contribution is 5.90. The average molecular weight is 501 g/mol. The van der Waals surface area contributed by atoms with Crippen molar-refractivity contribution in [3.05, 3.63) is 143 Å². The first-order valence-electron chi connectivity index (χ1n) is 13.4. The second-order valence-corrected chi connectivity index (χ2v) is 10.7. The van der Waals surface area contributed by atoms with E-state index in [0.29, 0.717) is 11.1 Å². The number of fused-ring (bicyclic) bond motifs is 7. The highest BCUT2D eigenvalue weighted by atomic mass is 16.6. The molecule has 0 amide bonds. The van der Waals surface area contributed by atoms with Crippen LogP contribution in [0.1, 0.15) is 55.7 Å². The largest absolute Gasteiger partial charge is 0.455 e. The molecule has 4 aromatic rings. The maximum absolute atomic E-state index is 13.3. The molecule has 3 aliphatic rings. The summed E-state index contributed by atoms with van der Waals surface area (Å²) in [5.41, 5.74) is 4.98. The molecule has 0 aromatic heterocycles. The smallest absolute Gasteiger partial charge is 0.338 e. The van der Waals surface area contributed by atoms with Gasteiger partial charge in [0.2, 0.25) is 0 Å². The lowest BCUT2D eigenvalue weighted by Crippen LogP contribution is -2.45. The number of rotatable bonds is 5. The zero-order valence-electron chi connectivity index (χ0n) is 20.9. The Bertz CT molecular complexity index is 1470. The van der Waals surface area contributed by atoms with E-state index in [9.17, 15) is 9.59 Å². The molecule has 0 aliphatic heterocycles. The zero-order valence-corrected chi connectivity index (χ0v) is 20.9. The van der Waals surface area contributed by atoms with Crippen LogP contribution in [-0.4, -0.2) is 24.1 Å². The van der Waals surface area contributed by atoms with Gasteiger partial charge in [-0.3, -0.25) is 0 Å². The predicted octanol–water partition coefficient (Wildman–Crippen LogP) is 6.63. The minimum atomic E-state index is -0.498. The van der Waals surface area contributed by atoms with Gasteiger partial charge in [0.1, 0.15) is 12.2 Å². The van der Waals surface area contributed by atoms with Crippen molar-refractivity contribution in [1.29, 1.82) is 0 Å². The molecule has 4 aromatic carbocycles. The summed E-state index contributed by atoms with van der Waals surface area (Å²) in [5.74, 6) is 0.182. The second-order valence-electron chi connectivity index (χ2n) is 10.7. The number of esters is 2. The predicted molar refractivity (Wildman–Crippen MR) is 144 cm³/mol. The number of carbonyl (C=O) groups excluding carboxylic acids is 2. The van der Waals surface area contributed by atoms with Crippen molar-refractivity contribution >= 4 is 11.9 Å². The van der Waals surface area contributed by atoms with Gasteiger partial charge < -0.3 is 9.47 Å². The molecule has 0 saturated heterocycles. The molecular formula is C34H28O4. The van der Waals surface area contributed by atoms with Crippen LogP contribution in [-0.2, 0) is 9.47 Å². The van der Waals surface area contributed by atoms with Gasteiger partial charge in [0, 0.05) is 17.8 Å². The van der Waals surface area contributed by atoms with Crippen molar-refractivity contribution in [3.63, 3.8) is 0 Å². The molecule has 2 saturated carbocycles. The molecule has 38 heavy (non-hydrogen) atoms. The Labute approximate surface area is 222 Å². The number of hydrogen-bond donors (Lipinski definition) is 0. The Hall–Kier alpha value is -4.18. The number of ether oxygens (including phenoxy) is 2. The lowest BCUT2D eigenvalue weighted by atomic mass is 9.72. The molecule has 7 atom stereocenters. The van der Waals surface area contributed by atoms with E-state index in [1.807, 2.05) is 42.5 Å². The van der Waals surface area contributed by atoms with E-state index in [-0.39, 0.29) is 41.5 Å².